The van der Waals surface area contributed by atoms with E-state index in [0.717, 1.165) is 5.56 Å². The summed E-state index contributed by atoms with van der Waals surface area (Å²) in [6.07, 6.45) is 3.07. The van der Waals surface area contributed by atoms with Crippen molar-refractivity contribution < 1.29 is 4.39 Å². The average Bonchev–Trinajstić information content (AvgIpc) is 3.02. The van der Waals surface area contributed by atoms with Crippen LogP contribution in [0.5, 0.6) is 0 Å². The van der Waals surface area contributed by atoms with Gasteiger partial charge in [0, 0.05) is 12.6 Å². The molecular weight excluding hydrogens is 332 g/mol. The Morgan fingerprint density at radius 2 is 2.24 bits per heavy atom. The maximum atomic E-state index is 12.9. The third kappa shape index (κ3) is 5.34. The Morgan fingerprint density at radius 3 is 2.88 bits per heavy atom. The molecule has 1 saturated carbocycles. The lowest BCUT2D eigenvalue weighted by Crippen LogP contribution is -2.33. The van der Waals surface area contributed by atoms with Crippen molar-refractivity contribution in [2.45, 2.75) is 25.3 Å². The zero-order chi connectivity index (χ0) is 11.4. The summed E-state index contributed by atoms with van der Waals surface area (Å²) in [7, 11) is 0. The van der Waals surface area contributed by atoms with Crippen LogP contribution in [0.4, 0.5) is 4.39 Å². The molecule has 0 bridgehead atoms. The molecule has 0 atom stereocenters. The van der Waals surface area contributed by atoms with Crippen molar-refractivity contribution in [2.75, 3.05) is 6.54 Å². The number of nitrogens with one attached hydrogen (secondary N) is 1. The number of guanidine groups is 1. The molecule has 1 aliphatic rings. The van der Waals surface area contributed by atoms with Crippen LogP contribution in [0, 0.1) is 5.82 Å². The first-order chi connectivity index (χ1) is 7.74. The second kappa shape index (κ2) is 6.78. The fourth-order valence-electron chi connectivity index (χ4n) is 1.48. The van der Waals surface area contributed by atoms with Gasteiger partial charge in [-0.15, -0.1) is 24.0 Å². The summed E-state index contributed by atoms with van der Waals surface area (Å²) in [5.74, 6) is 0.296. The maximum Gasteiger partial charge on any atom is 0.188 e. The molecule has 0 unspecified atom stereocenters. The van der Waals surface area contributed by atoms with Gasteiger partial charge in [0.1, 0.15) is 5.82 Å². The van der Waals surface area contributed by atoms with E-state index < -0.39 is 0 Å². The molecule has 3 nitrogen and oxygen atoms in total. The predicted molar refractivity (Wildman–Crippen MR) is 78.2 cm³/mol. The SMILES string of the molecule is I.NC(=NCCc1cccc(F)c1)NC1CC1. The van der Waals surface area contributed by atoms with Gasteiger partial charge in [0.2, 0.25) is 0 Å². The van der Waals surface area contributed by atoms with Gasteiger partial charge < -0.3 is 11.1 Å². The van der Waals surface area contributed by atoms with E-state index in [4.69, 9.17) is 5.73 Å². The number of hydrogen-bond acceptors (Lipinski definition) is 1. The molecule has 0 spiro atoms. The molecule has 1 fully saturated rings. The lowest BCUT2D eigenvalue weighted by molar-refractivity contribution is 0.625. The monoisotopic (exact) mass is 349 g/mol. The van der Waals surface area contributed by atoms with Gasteiger partial charge in [0.05, 0.1) is 0 Å². The minimum Gasteiger partial charge on any atom is -0.370 e. The first kappa shape index (κ1) is 14.2. The second-order valence-electron chi connectivity index (χ2n) is 4.07. The van der Waals surface area contributed by atoms with Crippen LogP contribution in [0.3, 0.4) is 0 Å². The third-order valence-electron chi connectivity index (χ3n) is 2.50. The highest BCUT2D eigenvalue weighted by molar-refractivity contribution is 14.0. The average molecular weight is 349 g/mol. The summed E-state index contributed by atoms with van der Waals surface area (Å²) in [6, 6.07) is 7.09. The lowest BCUT2D eigenvalue weighted by Gasteiger charge is -2.03. The smallest absolute Gasteiger partial charge is 0.188 e. The van der Waals surface area contributed by atoms with Crippen molar-refractivity contribution in [1.82, 2.24) is 5.32 Å². The number of halogens is 2. The molecule has 0 amide bonds. The normalized spacial score (nSPS) is 15.2. The van der Waals surface area contributed by atoms with Gasteiger partial charge in [-0.25, -0.2) is 4.39 Å². The highest BCUT2D eigenvalue weighted by atomic mass is 127. The zero-order valence-electron chi connectivity index (χ0n) is 9.53. The lowest BCUT2D eigenvalue weighted by atomic mass is 10.1. The first-order valence-corrected chi connectivity index (χ1v) is 5.55. The molecule has 1 aromatic rings. The van der Waals surface area contributed by atoms with Gasteiger partial charge in [0.25, 0.3) is 0 Å². The Kier molecular flexibility index (Phi) is 5.67. The topological polar surface area (TPSA) is 50.4 Å². The summed E-state index contributed by atoms with van der Waals surface area (Å²) in [6.45, 7) is 0.592. The molecule has 5 heteroatoms. The molecule has 94 valence electrons. The van der Waals surface area contributed by atoms with Crippen LogP contribution in [-0.2, 0) is 6.42 Å². The van der Waals surface area contributed by atoms with Gasteiger partial charge in [0.15, 0.2) is 5.96 Å². The fourth-order valence-corrected chi connectivity index (χ4v) is 1.48. The van der Waals surface area contributed by atoms with E-state index in [9.17, 15) is 4.39 Å². The van der Waals surface area contributed by atoms with Crippen molar-refractivity contribution in [3.05, 3.63) is 35.6 Å². The molecule has 2 rings (SSSR count). The van der Waals surface area contributed by atoms with Crippen molar-refractivity contribution >= 4 is 29.9 Å². The molecule has 0 heterocycles. The fraction of sp³-hybridized carbons (Fsp3) is 0.417. The van der Waals surface area contributed by atoms with E-state index in [2.05, 4.69) is 10.3 Å². The van der Waals surface area contributed by atoms with Crippen molar-refractivity contribution in [3.63, 3.8) is 0 Å². The number of nitrogens with zero attached hydrogens (tertiary/aromatic N) is 1. The highest BCUT2D eigenvalue weighted by Crippen LogP contribution is 2.17. The van der Waals surface area contributed by atoms with Gasteiger partial charge >= 0.3 is 0 Å². The van der Waals surface area contributed by atoms with E-state index in [1.807, 2.05) is 6.07 Å². The standard InChI is InChI=1S/C12H16FN3.HI/c13-10-3-1-2-9(8-10)6-7-15-12(14)16-11-4-5-11;/h1-3,8,11H,4-7H2,(H3,14,15,16);1H. The van der Waals surface area contributed by atoms with Crippen LogP contribution < -0.4 is 11.1 Å². The summed E-state index contributed by atoms with van der Waals surface area (Å²) in [5, 5.41) is 3.11. The Bertz CT molecular complexity index is 391. The van der Waals surface area contributed by atoms with Crippen LogP contribution >= 0.6 is 24.0 Å². The Hall–Kier alpha value is -0.850. The Morgan fingerprint density at radius 1 is 1.47 bits per heavy atom. The van der Waals surface area contributed by atoms with Crippen molar-refractivity contribution in [1.29, 1.82) is 0 Å². The predicted octanol–water partition coefficient (Wildman–Crippen LogP) is 2.05. The summed E-state index contributed by atoms with van der Waals surface area (Å²) in [5.41, 5.74) is 6.62. The van der Waals surface area contributed by atoms with Crippen LogP contribution in [0.1, 0.15) is 18.4 Å². The molecule has 0 saturated heterocycles. The summed E-state index contributed by atoms with van der Waals surface area (Å²) < 4.78 is 12.9. The number of hydrogen-bond donors (Lipinski definition) is 2. The maximum absolute atomic E-state index is 12.9. The van der Waals surface area contributed by atoms with Crippen LogP contribution in [0.25, 0.3) is 0 Å². The van der Waals surface area contributed by atoms with E-state index in [1.54, 1.807) is 6.07 Å². The number of nitrogens with two attached hydrogens (primary N) is 1. The van der Waals surface area contributed by atoms with Gasteiger partial charge in [-0.05, 0) is 37.0 Å². The second-order valence-corrected chi connectivity index (χ2v) is 4.07. The van der Waals surface area contributed by atoms with E-state index in [-0.39, 0.29) is 29.8 Å². The van der Waals surface area contributed by atoms with Crippen LogP contribution in [0.15, 0.2) is 29.3 Å². The first-order valence-electron chi connectivity index (χ1n) is 5.55. The molecule has 1 aliphatic carbocycles. The summed E-state index contributed by atoms with van der Waals surface area (Å²) >= 11 is 0. The quantitative estimate of drug-likeness (QED) is 0.497. The molecule has 17 heavy (non-hydrogen) atoms. The Balaban J connectivity index is 0.00000144. The minimum atomic E-state index is -0.203. The Labute approximate surface area is 118 Å². The van der Waals surface area contributed by atoms with Gasteiger partial charge in [-0.1, -0.05) is 12.1 Å². The molecule has 0 aliphatic heterocycles. The zero-order valence-corrected chi connectivity index (χ0v) is 11.9. The van der Waals surface area contributed by atoms with Gasteiger partial charge in [-0.2, -0.15) is 0 Å². The summed E-state index contributed by atoms with van der Waals surface area (Å²) in [4.78, 5) is 4.19. The number of aliphatic imine (C=N–C) groups is 1. The molecule has 0 radical (unpaired) electrons. The van der Waals surface area contributed by atoms with Gasteiger partial charge in [-0.3, -0.25) is 4.99 Å². The van der Waals surface area contributed by atoms with Crippen molar-refractivity contribution in [3.8, 4) is 0 Å². The number of benzene rings is 1. The minimum absolute atomic E-state index is 0. The third-order valence-corrected chi connectivity index (χ3v) is 2.50. The van der Waals surface area contributed by atoms with E-state index >= 15 is 0 Å². The molecule has 0 aromatic heterocycles. The molecule has 1 aromatic carbocycles. The highest BCUT2D eigenvalue weighted by Gasteiger charge is 2.21. The van der Waals surface area contributed by atoms with E-state index in [0.29, 0.717) is 25.0 Å². The number of rotatable bonds is 4. The molecule has 3 N–H and O–H groups in total. The van der Waals surface area contributed by atoms with Crippen molar-refractivity contribution in [2.24, 2.45) is 10.7 Å². The van der Waals surface area contributed by atoms with Crippen LogP contribution in [-0.4, -0.2) is 18.5 Å². The molecular formula is C12H17FIN3. The van der Waals surface area contributed by atoms with E-state index in [1.165, 1.54) is 25.0 Å². The largest absolute Gasteiger partial charge is 0.370 e. The van der Waals surface area contributed by atoms with Crippen LogP contribution in [0.2, 0.25) is 0 Å².